The predicted molar refractivity (Wildman–Crippen MR) is 63.6 cm³/mol. The maximum absolute atomic E-state index is 11.4. The summed E-state index contributed by atoms with van der Waals surface area (Å²) in [4.78, 5) is 0. The quantitative estimate of drug-likeness (QED) is 0.660. The van der Waals surface area contributed by atoms with Crippen LogP contribution in [0.25, 0.3) is 0 Å². The van der Waals surface area contributed by atoms with Crippen molar-refractivity contribution in [3.8, 4) is 5.75 Å². The summed E-state index contributed by atoms with van der Waals surface area (Å²) in [6, 6.07) is 4.72. The highest BCUT2D eigenvalue weighted by Crippen LogP contribution is 2.24. The van der Waals surface area contributed by atoms with E-state index >= 15 is 0 Å². The summed E-state index contributed by atoms with van der Waals surface area (Å²) in [5, 5.41) is 0. The Bertz CT molecular complexity index is 459. The maximum atomic E-state index is 11.4. The van der Waals surface area contributed by atoms with Crippen LogP contribution in [0.5, 0.6) is 5.75 Å². The van der Waals surface area contributed by atoms with Crippen LogP contribution in [0.3, 0.4) is 0 Å². The van der Waals surface area contributed by atoms with E-state index in [-0.39, 0.29) is 0 Å². The molecule has 0 saturated heterocycles. The van der Waals surface area contributed by atoms with Crippen molar-refractivity contribution < 1.29 is 13.2 Å². The molecule has 0 spiro atoms. The van der Waals surface area contributed by atoms with Gasteiger partial charge < -0.3 is 10.5 Å². The Morgan fingerprint density at radius 2 is 2.12 bits per heavy atom. The standard InChI is InChI=1S/C9H15N3O3S/c1-3-11-16(13,14)12-9-5-4-7(15-2)6-8(9)10/h4-6,11-12H,3,10H2,1-2H3. The topological polar surface area (TPSA) is 93.5 Å². The Kier molecular flexibility index (Phi) is 3.97. The number of anilines is 2. The zero-order valence-corrected chi connectivity index (χ0v) is 9.97. The molecule has 4 N–H and O–H groups in total. The highest BCUT2D eigenvalue weighted by molar-refractivity contribution is 7.90. The molecule has 1 aromatic carbocycles. The number of rotatable bonds is 5. The summed E-state index contributed by atoms with van der Waals surface area (Å²) >= 11 is 0. The Labute approximate surface area is 95.0 Å². The van der Waals surface area contributed by atoms with Gasteiger partial charge in [-0.1, -0.05) is 6.92 Å². The molecule has 6 nitrogen and oxygen atoms in total. The average molecular weight is 245 g/mol. The van der Waals surface area contributed by atoms with Gasteiger partial charge in [0.15, 0.2) is 0 Å². The van der Waals surface area contributed by atoms with Gasteiger partial charge in [-0.15, -0.1) is 0 Å². The molecule has 0 aliphatic heterocycles. The number of hydrogen-bond acceptors (Lipinski definition) is 4. The first-order valence-corrected chi connectivity index (χ1v) is 6.17. The fourth-order valence-electron chi connectivity index (χ4n) is 1.13. The van der Waals surface area contributed by atoms with Gasteiger partial charge in [0.25, 0.3) is 10.2 Å². The molecule has 0 bridgehead atoms. The van der Waals surface area contributed by atoms with Gasteiger partial charge in [0, 0.05) is 12.6 Å². The first-order valence-electron chi connectivity index (χ1n) is 4.69. The van der Waals surface area contributed by atoms with Gasteiger partial charge >= 0.3 is 0 Å². The number of ether oxygens (including phenoxy) is 1. The summed E-state index contributed by atoms with van der Waals surface area (Å²) < 4.78 is 32.4. The van der Waals surface area contributed by atoms with E-state index in [1.165, 1.54) is 7.11 Å². The third-order valence-electron chi connectivity index (χ3n) is 1.84. The Hall–Kier alpha value is -1.47. The largest absolute Gasteiger partial charge is 0.497 e. The summed E-state index contributed by atoms with van der Waals surface area (Å²) in [7, 11) is -2.04. The minimum Gasteiger partial charge on any atom is -0.497 e. The van der Waals surface area contributed by atoms with Crippen LogP contribution in [0.2, 0.25) is 0 Å². The van der Waals surface area contributed by atoms with Crippen LogP contribution in [-0.2, 0) is 10.2 Å². The molecule has 0 aliphatic rings. The van der Waals surface area contributed by atoms with Crippen molar-refractivity contribution in [3.05, 3.63) is 18.2 Å². The molecule has 0 amide bonds. The monoisotopic (exact) mass is 245 g/mol. The highest BCUT2D eigenvalue weighted by atomic mass is 32.2. The van der Waals surface area contributed by atoms with E-state index in [0.29, 0.717) is 23.7 Å². The van der Waals surface area contributed by atoms with Crippen LogP contribution in [0, 0.1) is 0 Å². The third kappa shape index (κ3) is 3.28. The SMILES string of the molecule is CCNS(=O)(=O)Nc1ccc(OC)cc1N. The number of nitrogens with one attached hydrogen (secondary N) is 2. The maximum Gasteiger partial charge on any atom is 0.299 e. The van der Waals surface area contributed by atoms with E-state index in [4.69, 9.17) is 10.5 Å². The normalized spacial score (nSPS) is 11.1. The van der Waals surface area contributed by atoms with Gasteiger partial charge in [0.05, 0.1) is 18.5 Å². The van der Waals surface area contributed by atoms with Gasteiger partial charge in [-0.2, -0.15) is 13.1 Å². The molecule has 1 rings (SSSR count). The average Bonchev–Trinajstić information content (AvgIpc) is 2.20. The van der Waals surface area contributed by atoms with Gasteiger partial charge in [-0.05, 0) is 12.1 Å². The molecular weight excluding hydrogens is 230 g/mol. The van der Waals surface area contributed by atoms with Gasteiger partial charge in [-0.3, -0.25) is 4.72 Å². The lowest BCUT2D eigenvalue weighted by Gasteiger charge is -2.11. The molecule has 0 saturated carbocycles. The van der Waals surface area contributed by atoms with Crippen molar-refractivity contribution >= 4 is 21.6 Å². The molecule has 0 aromatic heterocycles. The molecule has 0 unspecified atom stereocenters. The van der Waals surface area contributed by atoms with Crippen molar-refractivity contribution in [3.63, 3.8) is 0 Å². The number of benzene rings is 1. The van der Waals surface area contributed by atoms with E-state index in [1.54, 1.807) is 25.1 Å². The van der Waals surface area contributed by atoms with Crippen LogP contribution in [0.15, 0.2) is 18.2 Å². The van der Waals surface area contributed by atoms with E-state index < -0.39 is 10.2 Å². The minimum absolute atomic E-state index is 0.306. The predicted octanol–water partition coefficient (Wildman–Crippen LogP) is 0.544. The van der Waals surface area contributed by atoms with Gasteiger partial charge in [0.1, 0.15) is 5.75 Å². The zero-order chi connectivity index (χ0) is 12.2. The lowest BCUT2D eigenvalue weighted by Crippen LogP contribution is -2.30. The molecule has 90 valence electrons. The second-order valence-corrected chi connectivity index (χ2v) is 4.56. The smallest absolute Gasteiger partial charge is 0.299 e. The molecule has 0 atom stereocenters. The van der Waals surface area contributed by atoms with Gasteiger partial charge in [0.2, 0.25) is 0 Å². The molecule has 0 aliphatic carbocycles. The summed E-state index contributed by atoms with van der Waals surface area (Å²) in [5.41, 5.74) is 6.29. The fourth-order valence-corrected chi connectivity index (χ4v) is 2.06. The molecule has 0 radical (unpaired) electrons. The van der Waals surface area contributed by atoms with Crippen LogP contribution in [0.1, 0.15) is 6.92 Å². The Balaban J connectivity index is 2.90. The lowest BCUT2D eigenvalue weighted by molar-refractivity contribution is 0.415. The van der Waals surface area contributed by atoms with Crippen LogP contribution >= 0.6 is 0 Å². The Morgan fingerprint density at radius 3 is 2.62 bits per heavy atom. The second kappa shape index (κ2) is 5.04. The molecule has 1 aromatic rings. The number of methoxy groups -OCH3 is 1. The molecule has 16 heavy (non-hydrogen) atoms. The van der Waals surface area contributed by atoms with Crippen LogP contribution in [-0.4, -0.2) is 22.1 Å². The van der Waals surface area contributed by atoms with Crippen molar-refractivity contribution in [2.24, 2.45) is 0 Å². The zero-order valence-electron chi connectivity index (χ0n) is 9.15. The molecule has 0 heterocycles. The fraction of sp³-hybridized carbons (Fsp3) is 0.333. The van der Waals surface area contributed by atoms with E-state index in [2.05, 4.69) is 9.44 Å². The lowest BCUT2D eigenvalue weighted by atomic mass is 10.2. The molecule has 0 fully saturated rings. The first kappa shape index (κ1) is 12.6. The van der Waals surface area contributed by atoms with Crippen LogP contribution in [0.4, 0.5) is 11.4 Å². The summed E-state index contributed by atoms with van der Waals surface area (Å²) in [6.07, 6.45) is 0. The minimum atomic E-state index is -3.55. The van der Waals surface area contributed by atoms with E-state index in [0.717, 1.165) is 0 Å². The second-order valence-electron chi connectivity index (χ2n) is 3.06. The van der Waals surface area contributed by atoms with Crippen molar-refractivity contribution in [1.29, 1.82) is 0 Å². The van der Waals surface area contributed by atoms with Crippen molar-refractivity contribution in [2.45, 2.75) is 6.92 Å². The van der Waals surface area contributed by atoms with E-state index in [9.17, 15) is 8.42 Å². The summed E-state index contributed by atoms with van der Waals surface area (Å²) in [5.74, 6) is 0.573. The first-order chi connectivity index (χ1) is 7.48. The number of nitrogen functional groups attached to an aromatic ring is 1. The molecule has 7 heteroatoms. The number of hydrogen-bond donors (Lipinski definition) is 3. The summed E-state index contributed by atoms with van der Waals surface area (Å²) in [6.45, 7) is 2.00. The van der Waals surface area contributed by atoms with Crippen LogP contribution < -0.4 is 19.9 Å². The van der Waals surface area contributed by atoms with E-state index in [1.807, 2.05) is 0 Å². The molecular formula is C9H15N3O3S. The van der Waals surface area contributed by atoms with Gasteiger partial charge in [-0.25, -0.2) is 0 Å². The highest BCUT2D eigenvalue weighted by Gasteiger charge is 2.10. The number of nitrogens with two attached hydrogens (primary N) is 1. The Morgan fingerprint density at radius 1 is 1.44 bits per heavy atom. The third-order valence-corrected chi connectivity index (χ3v) is 2.99. The van der Waals surface area contributed by atoms with Crippen molar-refractivity contribution in [1.82, 2.24) is 4.72 Å². The van der Waals surface area contributed by atoms with Crippen molar-refractivity contribution in [2.75, 3.05) is 24.1 Å².